The zero-order valence-electron chi connectivity index (χ0n) is 19.2. The van der Waals surface area contributed by atoms with Crippen molar-refractivity contribution < 1.29 is 9.18 Å². The van der Waals surface area contributed by atoms with E-state index in [4.69, 9.17) is 4.98 Å². The Bertz CT molecular complexity index is 1080. The predicted molar refractivity (Wildman–Crippen MR) is 127 cm³/mol. The number of aromatic nitrogens is 3. The van der Waals surface area contributed by atoms with Crippen LogP contribution in [0.2, 0.25) is 0 Å². The quantitative estimate of drug-likeness (QED) is 0.582. The molecule has 0 bridgehead atoms. The van der Waals surface area contributed by atoms with Gasteiger partial charge in [-0.25, -0.2) is 14.4 Å². The summed E-state index contributed by atoms with van der Waals surface area (Å²) in [5.41, 5.74) is 3.93. The molecule has 1 fully saturated rings. The molecule has 1 aliphatic carbocycles. The summed E-state index contributed by atoms with van der Waals surface area (Å²) in [7, 11) is 3.91. The van der Waals surface area contributed by atoms with Crippen molar-refractivity contribution in [3.05, 3.63) is 72.1 Å². The Labute approximate surface area is 194 Å². The highest BCUT2D eigenvalue weighted by atomic mass is 19.1. The van der Waals surface area contributed by atoms with Crippen LogP contribution in [0.4, 0.5) is 10.3 Å². The minimum absolute atomic E-state index is 0.0610. The Morgan fingerprint density at radius 1 is 1.12 bits per heavy atom. The third kappa shape index (κ3) is 5.92. The van der Waals surface area contributed by atoms with Crippen molar-refractivity contribution in [1.82, 2.24) is 20.3 Å². The first-order valence-corrected chi connectivity index (χ1v) is 11.5. The lowest BCUT2D eigenvalue weighted by Crippen LogP contribution is -2.32. The zero-order chi connectivity index (χ0) is 23.2. The molecule has 0 aliphatic heterocycles. The third-order valence-corrected chi connectivity index (χ3v) is 6.27. The van der Waals surface area contributed by atoms with Crippen LogP contribution in [-0.2, 0) is 11.2 Å². The minimum Gasteiger partial charge on any atom is -0.356 e. The molecular formula is C26H30FN5O. The van der Waals surface area contributed by atoms with Gasteiger partial charge in [-0.05, 0) is 67.0 Å². The summed E-state index contributed by atoms with van der Waals surface area (Å²) in [5.74, 6) is 1.14. The first kappa shape index (κ1) is 22.8. The van der Waals surface area contributed by atoms with E-state index < -0.39 is 0 Å². The number of carbonyl (C=O) groups excluding carboxylic acids is 1. The summed E-state index contributed by atoms with van der Waals surface area (Å²) in [5, 5.41) is 3.04. The van der Waals surface area contributed by atoms with Crippen LogP contribution < -0.4 is 10.2 Å². The maximum Gasteiger partial charge on any atom is 0.225 e. The van der Waals surface area contributed by atoms with Gasteiger partial charge in [0.05, 0.1) is 12.1 Å². The van der Waals surface area contributed by atoms with Gasteiger partial charge in [-0.1, -0.05) is 12.1 Å². The smallest absolute Gasteiger partial charge is 0.225 e. The molecule has 6 nitrogen and oxygen atoms in total. The van der Waals surface area contributed by atoms with Crippen LogP contribution in [0.5, 0.6) is 0 Å². The summed E-state index contributed by atoms with van der Waals surface area (Å²) in [6.07, 6.45) is 9.82. The number of halogens is 1. The Balaban J connectivity index is 1.37. The SMILES string of the molecule is CN(C)c1ncc(-c2ccncc2)c(C2CCC(CNC(=O)Cc3cccc(F)c3)CC2)n1. The fraction of sp³-hybridized carbons (Fsp3) is 0.385. The van der Waals surface area contributed by atoms with Gasteiger partial charge in [0.15, 0.2) is 0 Å². The Kier molecular flexibility index (Phi) is 7.27. The first-order valence-electron chi connectivity index (χ1n) is 11.5. The molecule has 1 saturated carbocycles. The van der Waals surface area contributed by atoms with Crippen LogP contribution in [0.25, 0.3) is 11.1 Å². The molecule has 2 heterocycles. The fourth-order valence-electron chi connectivity index (χ4n) is 4.46. The Hall–Kier alpha value is -3.35. The van der Waals surface area contributed by atoms with Gasteiger partial charge < -0.3 is 10.2 Å². The Morgan fingerprint density at radius 3 is 2.58 bits per heavy atom. The van der Waals surface area contributed by atoms with Crippen LogP contribution in [0.3, 0.4) is 0 Å². The molecule has 0 atom stereocenters. The van der Waals surface area contributed by atoms with Crippen LogP contribution in [0, 0.1) is 11.7 Å². The van der Waals surface area contributed by atoms with Gasteiger partial charge in [0.2, 0.25) is 11.9 Å². The number of pyridine rings is 1. The second-order valence-corrected chi connectivity index (χ2v) is 8.93. The van der Waals surface area contributed by atoms with Crippen molar-refractivity contribution in [3.8, 4) is 11.1 Å². The van der Waals surface area contributed by atoms with Gasteiger partial charge in [-0.3, -0.25) is 9.78 Å². The van der Waals surface area contributed by atoms with E-state index in [9.17, 15) is 9.18 Å². The standard InChI is InChI=1S/C26H30FN5O/c1-32(2)26-30-17-23(20-10-12-28-13-11-20)25(31-26)21-8-6-18(7-9-21)16-29-24(33)15-19-4-3-5-22(27)14-19/h3-5,10-14,17-18,21H,6-9,15-16H2,1-2H3,(H,29,33). The first-order chi connectivity index (χ1) is 16.0. The average molecular weight is 448 g/mol. The molecule has 33 heavy (non-hydrogen) atoms. The largest absolute Gasteiger partial charge is 0.356 e. The maximum absolute atomic E-state index is 13.3. The number of hydrogen-bond acceptors (Lipinski definition) is 5. The second-order valence-electron chi connectivity index (χ2n) is 8.93. The average Bonchev–Trinajstić information content (AvgIpc) is 2.83. The van der Waals surface area contributed by atoms with E-state index >= 15 is 0 Å². The van der Waals surface area contributed by atoms with Crippen molar-refractivity contribution in [2.75, 3.05) is 25.5 Å². The topological polar surface area (TPSA) is 71.0 Å². The highest BCUT2D eigenvalue weighted by molar-refractivity contribution is 5.78. The molecule has 0 spiro atoms. The van der Waals surface area contributed by atoms with Crippen molar-refractivity contribution in [2.24, 2.45) is 5.92 Å². The van der Waals surface area contributed by atoms with Gasteiger partial charge in [0, 0.05) is 50.7 Å². The summed E-state index contributed by atoms with van der Waals surface area (Å²) < 4.78 is 13.3. The molecule has 0 saturated heterocycles. The lowest BCUT2D eigenvalue weighted by atomic mass is 9.79. The van der Waals surface area contributed by atoms with E-state index in [0.717, 1.165) is 48.5 Å². The lowest BCUT2D eigenvalue weighted by Gasteiger charge is -2.30. The predicted octanol–water partition coefficient (Wildman–Crippen LogP) is 4.38. The normalized spacial score (nSPS) is 18.0. The molecule has 2 aromatic heterocycles. The number of amides is 1. The molecule has 1 aromatic carbocycles. The van der Waals surface area contributed by atoms with Crippen molar-refractivity contribution in [1.29, 1.82) is 0 Å². The number of carbonyl (C=O) groups is 1. The van der Waals surface area contributed by atoms with E-state index in [2.05, 4.69) is 15.3 Å². The number of nitrogens with one attached hydrogen (secondary N) is 1. The maximum atomic E-state index is 13.3. The van der Waals surface area contributed by atoms with Crippen molar-refractivity contribution >= 4 is 11.9 Å². The van der Waals surface area contributed by atoms with Crippen LogP contribution in [-0.4, -0.2) is 41.5 Å². The van der Waals surface area contributed by atoms with E-state index in [1.165, 1.54) is 12.1 Å². The van der Waals surface area contributed by atoms with E-state index in [1.54, 1.807) is 24.5 Å². The zero-order valence-corrected chi connectivity index (χ0v) is 19.2. The molecule has 172 valence electrons. The second kappa shape index (κ2) is 10.5. The summed E-state index contributed by atoms with van der Waals surface area (Å²) in [4.78, 5) is 27.8. The summed E-state index contributed by atoms with van der Waals surface area (Å²) >= 11 is 0. The van der Waals surface area contributed by atoms with Gasteiger partial charge in [-0.2, -0.15) is 0 Å². The van der Waals surface area contributed by atoms with Gasteiger partial charge >= 0.3 is 0 Å². The molecule has 0 radical (unpaired) electrons. The number of nitrogens with zero attached hydrogens (tertiary/aromatic N) is 4. The van der Waals surface area contributed by atoms with Gasteiger partial charge in [0.25, 0.3) is 0 Å². The van der Waals surface area contributed by atoms with E-state index in [1.807, 2.05) is 37.3 Å². The molecule has 3 aromatic rings. The highest BCUT2D eigenvalue weighted by Gasteiger charge is 2.26. The lowest BCUT2D eigenvalue weighted by molar-refractivity contribution is -0.120. The van der Waals surface area contributed by atoms with Crippen molar-refractivity contribution in [3.63, 3.8) is 0 Å². The molecule has 1 N–H and O–H groups in total. The van der Waals surface area contributed by atoms with E-state index in [0.29, 0.717) is 23.9 Å². The monoisotopic (exact) mass is 447 g/mol. The highest BCUT2D eigenvalue weighted by Crippen LogP contribution is 2.39. The van der Waals surface area contributed by atoms with Gasteiger partial charge in [0.1, 0.15) is 5.82 Å². The van der Waals surface area contributed by atoms with Crippen LogP contribution in [0.15, 0.2) is 55.0 Å². The molecule has 1 amide bonds. The van der Waals surface area contributed by atoms with E-state index in [-0.39, 0.29) is 18.1 Å². The van der Waals surface area contributed by atoms with Crippen molar-refractivity contribution in [2.45, 2.75) is 38.0 Å². The number of anilines is 1. The minimum atomic E-state index is -0.313. The molecule has 1 aliphatic rings. The molecular weight excluding hydrogens is 417 g/mol. The number of rotatable bonds is 7. The summed E-state index contributed by atoms with van der Waals surface area (Å²) in [6, 6.07) is 10.2. The van der Waals surface area contributed by atoms with Gasteiger partial charge in [-0.15, -0.1) is 0 Å². The molecule has 0 unspecified atom stereocenters. The molecule has 4 rings (SSSR count). The third-order valence-electron chi connectivity index (χ3n) is 6.27. The fourth-order valence-corrected chi connectivity index (χ4v) is 4.46. The Morgan fingerprint density at radius 2 is 1.88 bits per heavy atom. The van der Waals surface area contributed by atoms with Crippen LogP contribution >= 0.6 is 0 Å². The van der Waals surface area contributed by atoms with Crippen LogP contribution in [0.1, 0.15) is 42.9 Å². The molecule has 7 heteroatoms. The number of hydrogen-bond donors (Lipinski definition) is 1. The summed E-state index contributed by atoms with van der Waals surface area (Å²) in [6.45, 7) is 0.658. The number of benzene rings is 1.